The van der Waals surface area contributed by atoms with Gasteiger partial charge in [-0.3, -0.25) is 14.4 Å². The van der Waals surface area contributed by atoms with Crippen LogP contribution in [-0.2, 0) is 14.4 Å². The van der Waals surface area contributed by atoms with Crippen molar-refractivity contribution < 1.29 is 19.5 Å². The van der Waals surface area contributed by atoms with E-state index >= 15 is 0 Å². The van der Waals surface area contributed by atoms with Gasteiger partial charge in [-0.25, -0.2) is 0 Å². The summed E-state index contributed by atoms with van der Waals surface area (Å²) < 4.78 is 0. The Hall–Kier alpha value is -1.59. The molecule has 0 radical (unpaired) electrons. The average Bonchev–Trinajstić information content (AvgIpc) is 2.44. The molecule has 2 amide bonds. The Morgan fingerprint density at radius 2 is 1.77 bits per heavy atom. The van der Waals surface area contributed by atoms with Crippen LogP contribution in [0.5, 0.6) is 0 Å². The second-order valence-corrected chi connectivity index (χ2v) is 6.45. The van der Waals surface area contributed by atoms with Gasteiger partial charge >= 0.3 is 5.97 Å². The Labute approximate surface area is 132 Å². The zero-order chi connectivity index (χ0) is 16.5. The fourth-order valence-electron chi connectivity index (χ4n) is 2.82. The van der Waals surface area contributed by atoms with Crippen LogP contribution < -0.4 is 10.6 Å². The second-order valence-electron chi connectivity index (χ2n) is 6.45. The monoisotopic (exact) mass is 312 g/mol. The number of hydrogen-bond donors (Lipinski definition) is 3. The van der Waals surface area contributed by atoms with E-state index in [0.29, 0.717) is 18.9 Å². The minimum Gasteiger partial charge on any atom is -0.481 e. The van der Waals surface area contributed by atoms with E-state index in [1.165, 1.54) is 19.3 Å². The smallest absolute Gasteiger partial charge is 0.303 e. The quantitative estimate of drug-likeness (QED) is 0.635. The summed E-state index contributed by atoms with van der Waals surface area (Å²) in [4.78, 5) is 34.4. The van der Waals surface area contributed by atoms with Crippen molar-refractivity contribution in [2.24, 2.45) is 11.8 Å². The molecule has 6 heteroatoms. The summed E-state index contributed by atoms with van der Waals surface area (Å²) in [6.45, 7) is 3.71. The summed E-state index contributed by atoms with van der Waals surface area (Å²) >= 11 is 0. The van der Waals surface area contributed by atoms with Gasteiger partial charge in [-0.1, -0.05) is 26.2 Å². The molecule has 0 spiro atoms. The van der Waals surface area contributed by atoms with Gasteiger partial charge in [0.15, 0.2) is 0 Å². The van der Waals surface area contributed by atoms with Crippen molar-refractivity contribution in [1.29, 1.82) is 0 Å². The van der Waals surface area contributed by atoms with Crippen molar-refractivity contribution in [2.45, 2.75) is 64.8 Å². The molecular weight excluding hydrogens is 284 g/mol. The number of carboxylic acids is 1. The third kappa shape index (κ3) is 7.43. The van der Waals surface area contributed by atoms with E-state index in [9.17, 15) is 14.4 Å². The lowest BCUT2D eigenvalue weighted by molar-refractivity contribution is -0.138. The highest BCUT2D eigenvalue weighted by Crippen LogP contribution is 2.26. The molecule has 1 rings (SSSR count). The number of hydrogen-bond acceptors (Lipinski definition) is 3. The summed E-state index contributed by atoms with van der Waals surface area (Å²) in [6.07, 6.45) is 6.34. The number of rotatable bonds is 8. The van der Waals surface area contributed by atoms with Crippen LogP contribution in [0.15, 0.2) is 0 Å². The zero-order valence-electron chi connectivity index (χ0n) is 13.6. The molecule has 0 aromatic heterocycles. The zero-order valence-corrected chi connectivity index (χ0v) is 13.6. The molecule has 2 atom stereocenters. The largest absolute Gasteiger partial charge is 0.481 e. The number of carbonyl (C=O) groups is 3. The lowest BCUT2D eigenvalue weighted by atomic mass is 9.87. The lowest BCUT2D eigenvalue weighted by Gasteiger charge is -2.22. The van der Waals surface area contributed by atoms with E-state index in [4.69, 9.17) is 5.11 Å². The maximum Gasteiger partial charge on any atom is 0.303 e. The van der Waals surface area contributed by atoms with Crippen molar-refractivity contribution in [1.82, 2.24) is 10.6 Å². The average molecular weight is 312 g/mol. The number of nitrogens with one attached hydrogen (secondary N) is 2. The van der Waals surface area contributed by atoms with Crippen LogP contribution in [0.4, 0.5) is 0 Å². The Bertz CT molecular complexity index is 392. The molecule has 1 aliphatic rings. The van der Waals surface area contributed by atoms with Crippen molar-refractivity contribution in [3.05, 3.63) is 0 Å². The fourth-order valence-corrected chi connectivity index (χ4v) is 2.82. The minimum absolute atomic E-state index is 0.0166. The van der Waals surface area contributed by atoms with E-state index < -0.39 is 12.0 Å². The van der Waals surface area contributed by atoms with Gasteiger partial charge < -0.3 is 15.7 Å². The molecule has 0 aliphatic heterocycles. The number of aliphatic carboxylic acids is 1. The molecule has 1 aliphatic carbocycles. The second kappa shape index (κ2) is 9.43. The summed E-state index contributed by atoms with van der Waals surface area (Å²) in [7, 11) is 0. The maximum atomic E-state index is 11.9. The van der Waals surface area contributed by atoms with Gasteiger partial charge in [-0.15, -0.1) is 0 Å². The highest BCUT2D eigenvalue weighted by Gasteiger charge is 2.20. The van der Waals surface area contributed by atoms with E-state index in [2.05, 4.69) is 10.6 Å². The first-order chi connectivity index (χ1) is 10.4. The van der Waals surface area contributed by atoms with Crippen LogP contribution >= 0.6 is 0 Å². The number of amides is 2. The number of carboxylic acid groups (broad SMARTS) is 1. The van der Waals surface area contributed by atoms with Crippen LogP contribution in [0.1, 0.15) is 58.8 Å². The van der Waals surface area contributed by atoms with E-state index in [-0.39, 0.29) is 24.2 Å². The Morgan fingerprint density at radius 1 is 1.14 bits per heavy atom. The molecular formula is C16H28N2O4. The summed E-state index contributed by atoms with van der Waals surface area (Å²) in [5.41, 5.74) is 0. The molecule has 0 aromatic rings. The molecule has 0 saturated heterocycles. The number of carbonyl (C=O) groups excluding carboxylic acids is 2. The van der Waals surface area contributed by atoms with E-state index in [1.54, 1.807) is 13.8 Å². The molecule has 0 heterocycles. The van der Waals surface area contributed by atoms with Crippen LogP contribution in [0, 0.1) is 11.8 Å². The molecule has 3 N–H and O–H groups in total. The van der Waals surface area contributed by atoms with E-state index in [1.807, 2.05) is 0 Å². The van der Waals surface area contributed by atoms with Crippen LogP contribution in [0.3, 0.4) is 0 Å². The standard InChI is InChI=1S/C16H28N2O4/c1-11(8-15(20)21)10-17-16(22)12(2)18-14(19)9-13-6-4-3-5-7-13/h11-13H,3-10H2,1-2H3,(H,17,22)(H,18,19)(H,20,21). The summed E-state index contributed by atoms with van der Waals surface area (Å²) in [5.74, 6) is -0.913. The summed E-state index contributed by atoms with van der Waals surface area (Å²) in [5, 5.41) is 14.1. The fraction of sp³-hybridized carbons (Fsp3) is 0.812. The van der Waals surface area contributed by atoms with E-state index in [0.717, 1.165) is 12.8 Å². The van der Waals surface area contributed by atoms with Gasteiger partial charge in [0, 0.05) is 19.4 Å². The maximum absolute atomic E-state index is 11.9. The molecule has 0 bridgehead atoms. The minimum atomic E-state index is -0.879. The van der Waals surface area contributed by atoms with Gasteiger partial charge in [-0.05, 0) is 31.6 Å². The molecule has 2 unspecified atom stereocenters. The Morgan fingerprint density at radius 3 is 2.36 bits per heavy atom. The van der Waals surface area contributed by atoms with Crippen molar-refractivity contribution in [3.63, 3.8) is 0 Å². The van der Waals surface area contributed by atoms with Gasteiger partial charge in [0.05, 0.1) is 0 Å². The molecule has 1 saturated carbocycles. The van der Waals surface area contributed by atoms with Crippen LogP contribution in [0.25, 0.3) is 0 Å². The molecule has 126 valence electrons. The van der Waals surface area contributed by atoms with Gasteiger partial charge in [-0.2, -0.15) is 0 Å². The van der Waals surface area contributed by atoms with Crippen molar-refractivity contribution in [2.75, 3.05) is 6.54 Å². The topological polar surface area (TPSA) is 95.5 Å². The molecule has 6 nitrogen and oxygen atoms in total. The van der Waals surface area contributed by atoms with Gasteiger partial charge in [0.25, 0.3) is 0 Å². The van der Waals surface area contributed by atoms with Gasteiger partial charge in [0.1, 0.15) is 6.04 Å². The highest BCUT2D eigenvalue weighted by atomic mass is 16.4. The van der Waals surface area contributed by atoms with Crippen molar-refractivity contribution in [3.8, 4) is 0 Å². The first-order valence-corrected chi connectivity index (χ1v) is 8.17. The van der Waals surface area contributed by atoms with Gasteiger partial charge in [0.2, 0.25) is 11.8 Å². The molecule has 1 fully saturated rings. The first-order valence-electron chi connectivity index (χ1n) is 8.17. The predicted octanol–water partition coefficient (Wildman–Crippen LogP) is 1.69. The third-order valence-electron chi connectivity index (χ3n) is 4.12. The Kier molecular flexibility index (Phi) is 7.91. The lowest BCUT2D eigenvalue weighted by Crippen LogP contribution is -2.46. The predicted molar refractivity (Wildman–Crippen MR) is 83.2 cm³/mol. The van der Waals surface area contributed by atoms with Crippen molar-refractivity contribution >= 4 is 17.8 Å². The molecule has 22 heavy (non-hydrogen) atoms. The van der Waals surface area contributed by atoms with Crippen LogP contribution in [-0.4, -0.2) is 35.5 Å². The first kappa shape index (κ1) is 18.5. The highest BCUT2D eigenvalue weighted by molar-refractivity contribution is 5.87. The third-order valence-corrected chi connectivity index (χ3v) is 4.12. The molecule has 0 aromatic carbocycles. The Balaban J connectivity index is 2.24. The normalized spacial score (nSPS) is 18.3. The summed E-state index contributed by atoms with van der Waals surface area (Å²) in [6, 6.07) is -0.590. The van der Waals surface area contributed by atoms with Crippen LogP contribution in [0.2, 0.25) is 0 Å². The SMILES string of the molecule is CC(CNC(=O)C(C)NC(=O)CC1CCCCC1)CC(=O)O.